The van der Waals surface area contributed by atoms with Crippen LogP contribution >= 0.6 is 11.6 Å². The van der Waals surface area contributed by atoms with E-state index in [0.717, 1.165) is 12.1 Å². The number of alkyl halides is 3. The van der Waals surface area contributed by atoms with Crippen LogP contribution in [0.15, 0.2) is 48.5 Å². The van der Waals surface area contributed by atoms with Gasteiger partial charge in [0.15, 0.2) is 0 Å². The third-order valence-electron chi connectivity index (χ3n) is 4.37. The fraction of sp³-hybridized carbons (Fsp3) is 0.263. The van der Waals surface area contributed by atoms with Crippen molar-refractivity contribution in [2.45, 2.75) is 12.6 Å². The molecule has 1 fully saturated rings. The third-order valence-corrected chi connectivity index (χ3v) is 4.62. The van der Waals surface area contributed by atoms with Gasteiger partial charge in [0.1, 0.15) is 0 Å². The van der Waals surface area contributed by atoms with E-state index in [1.165, 1.54) is 12.1 Å². The van der Waals surface area contributed by atoms with E-state index in [4.69, 9.17) is 11.6 Å². The number of carbonyl (C=O) groups excluding carboxylic acids is 2. The van der Waals surface area contributed by atoms with Crippen molar-refractivity contribution in [1.29, 1.82) is 0 Å². The first kappa shape index (κ1) is 19.2. The molecule has 1 saturated heterocycles. The van der Waals surface area contributed by atoms with Crippen molar-refractivity contribution in [3.05, 3.63) is 64.7 Å². The smallest absolute Gasteiger partial charge is 0.352 e. The summed E-state index contributed by atoms with van der Waals surface area (Å²) in [5.74, 6) is -1.09. The zero-order chi connectivity index (χ0) is 19.6. The lowest BCUT2D eigenvalue weighted by Crippen LogP contribution is -2.32. The fourth-order valence-corrected chi connectivity index (χ4v) is 3.18. The molecule has 8 heteroatoms. The van der Waals surface area contributed by atoms with E-state index in [1.807, 2.05) is 0 Å². The standard InChI is InChI=1S/C19H16ClF3N2O2/c20-13-5-7-14(8-6-13)25-11-12(9-17(25)26)10-24-18(27)15-3-1-2-4-16(15)19(21,22)23/h1-8,12H,9-11H2,(H,24,27). The Labute approximate surface area is 158 Å². The normalized spacial score (nSPS) is 17.3. The number of nitrogens with zero attached hydrogens (tertiary/aromatic N) is 1. The summed E-state index contributed by atoms with van der Waals surface area (Å²) < 4.78 is 39.1. The number of anilines is 1. The first-order chi connectivity index (χ1) is 12.8. The maximum Gasteiger partial charge on any atom is 0.417 e. The van der Waals surface area contributed by atoms with Gasteiger partial charge in [0.05, 0.1) is 11.1 Å². The zero-order valence-electron chi connectivity index (χ0n) is 14.1. The van der Waals surface area contributed by atoms with Gasteiger partial charge in [-0.25, -0.2) is 0 Å². The summed E-state index contributed by atoms with van der Waals surface area (Å²) in [6.07, 6.45) is -4.40. The molecular weight excluding hydrogens is 381 g/mol. The molecule has 27 heavy (non-hydrogen) atoms. The lowest BCUT2D eigenvalue weighted by Gasteiger charge is -2.17. The van der Waals surface area contributed by atoms with Crippen LogP contribution in [0.5, 0.6) is 0 Å². The molecule has 0 saturated carbocycles. The summed E-state index contributed by atoms with van der Waals surface area (Å²) in [4.78, 5) is 26.0. The van der Waals surface area contributed by atoms with Gasteiger partial charge >= 0.3 is 6.18 Å². The predicted molar refractivity (Wildman–Crippen MR) is 95.7 cm³/mol. The molecule has 0 spiro atoms. The third kappa shape index (κ3) is 4.42. The van der Waals surface area contributed by atoms with E-state index >= 15 is 0 Å². The monoisotopic (exact) mass is 396 g/mol. The Morgan fingerprint density at radius 3 is 2.48 bits per heavy atom. The van der Waals surface area contributed by atoms with Crippen molar-refractivity contribution in [2.75, 3.05) is 18.0 Å². The first-order valence-electron chi connectivity index (χ1n) is 8.26. The number of benzene rings is 2. The molecule has 1 aliphatic heterocycles. The molecule has 2 amide bonds. The molecular formula is C19H16ClF3N2O2. The summed E-state index contributed by atoms with van der Waals surface area (Å²) in [5.41, 5.74) is -0.711. The zero-order valence-corrected chi connectivity index (χ0v) is 14.8. The van der Waals surface area contributed by atoms with E-state index in [2.05, 4.69) is 5.32 Å². The van der Waals surface area contributed by atoms with Gasteiger partial charge in [-0.2, -0.15) is 13.2 Å². The second-order valence-electron chi connectivity index (χ2n) is 6.30. The van der Waals surface area contributed by atoms with Crippen LogP contribution in [0.25, 0.3) is 0 Å². The van der Waals surface area contributed by atoms with Gasteiger partial charge in [-0.05, 0) is 36.4 Å². The van der Waals surface area contributed by atoms with Crippen molar-refractivity contribution in [2.24, 2.45) is 5.92 Å². The van der Waals surface area contributed by atoms with Gasteiger partial charge in [0, 0.05) is 36.1 Å². The molecule has 0 bridgehead atoms. The summed E-state index contributed by atoms with van der Waals surface area (Å²) in [5, 5.41) is 3.07. The number of amides is 2. The van der Waals surface area contributed by atoms with Gasteiger partial charge in [0.2, 0.25) is 5.91 Å². The van der Waals surface area contributed by atoms with Crippen molar-refractivity contribution >= 4 is 29.1 Å². The van der Waals surface area contributed by atoms with Crippen molar-refractivity contribution in [3.63, 3.8) is 0 Å². The van der Waals surface area contributed by atoms with E-state index in [1.54, 1.807) is 29.2 Å². The highest BCUT2D eigenvalue weighted by molar-refractivity contribution is 6.30. The van der Waals surface area contributed by atoms with Gasteiger partial charge in [-0.3, -0.25) is 9.59 Å². The molecule has 0 aliphatic carbocycles. The van der Waals surface area contributed by atoms with Gasteiger partial charge in [-0.15, -0.1) is 0 Å². The summed E-state index contributed by atoms with van der Waals surface area (Å²) in [6, 6.07) is 11.4. The number of nitrogens with one attached hydrogen (secondary N) is 1. The number of rotatable bonds is 4. The van der Waals surface area contributed by atoms with Gasteiger partial charge in [0.25, 0.3) is 5.91 Å². The molecule has 1 aliphatic rings. The Balaban J connectivity index is 1.64. The number of carbonyl (C=O) groups is 2. The average molecular weight is 397 g/mol. The SMILES string of the molecule is O=C(NCC1CC(=O)N(c2ccc(Cl)cc2)C1)c1ccccc1C(F)(F)F. The lowest BCUT2D eigenvalue weighted by molar-refractivity contribution is -0.138. The average Bonchev–Trinajstić information content (AvgIpc) is 3.00. The van der Waals surface area contributed by atoms with Gasteiger partial charge < -0.3 is 10.2 Å². The molecule has 2 aromatic rings. The van der Waals surface area contributed by atoms with Crippen molar-refractivity contribution in [1.82, 2.24) is 5.32 Å². The van der Waals surface area contributed by atoms with Crippen LogP contribution in [0.2, 0.25) is 5.02 Å². The highest BCUT2D eigenvalue weighted by Gasteiger charge is 2.35. The molecule has 0 aromatic heterocycles. The molecule has 3 rings (SSSR count). The van der Waals surface area contributed by atoms with Crippen LogP contribution in [0.3, 0.4) is 0 Å². The molecule has 0 radical (unpaired) electrons. The van der Waals surface area contributed by atoms with Crippen molar-refractivity contribution < 1.29 is 22.8 Å². The lowest BCUT2D eigenvalue weighted by atomic mass is 10.1. The first-order valence-corrected chi connectivity index (χ1v) is 8.64. The molecule has 1 atom stereocenters. The second kappa shape index (κ2) is 7.60. The van der Waals surface area contributed by atoms with Crippen LogP contribution in [-0.2, 0) is 11.0 Å². The minimum absolute atomic E-state index is 0.104. The molecule has 4 nitrogen and oxygen atoms in total. The quantitative estimate of drug-likeness (QED) is 0.844. The van der Waals surface area contributed by atoms with Crippen molar-refractivity contribution in [3.8, 4) is 0 Å². The summed E-state index contributed by atoms with van der Waals surface area (Å²) >= 11 is 5.84. The Morgan fingerprint density at radius 2 is 1.81 bits per heavy atom. The van der Waals surface area contributed by atoms with Crippen LogP contribution in [0.1, 0.15) is 22.3 Å². The largest absolute Gasteiger partial charge is 0.417 e. The van der Waals surface area contributed by atoms with E-state index in [0.29, 0.717) is 17.3 Å². The maximum atomic E-state index is 13.0. The Hall–Kier alpha value is -2.54. The molecule has 2 aromatic carbocycles. The van der Waals surface area contributed by atoms with Crippen LogP contribution in [-0.4, -0.2) is 24.9 Å². The number of hydrogen-bond acceptors (Lipinski definition) is 2. The van der Waals surface area contributed by atoms with E-state index in [-0.39, 0.29) is 24.8 Å². The minimum Gasteiger partial charge on any atom is -0.352 e. The Morgan fingerprint density at radius 1 is 1.15 bits per heavy atom. The fourth-order valence-electron chi connectivity index (χ4n) is 3.05. The molecule has 1 heterocycles. The van der Waals surface area contributed by atoms with Gasteiger partial charge in [-0.1, -0.05) is 23.7 Å². The molecule has 142 valence electrons. The van der Waals surface area contributed by atoms with Crippen LogP contribution in [0, 0.1) is 5.92 Å². The topological polar surface area (TPSA) is 49.4 Å². The summed E-state index contributed by atoms with van der Waals surface area (Å²) in [6.45, 7) is 0.489. The predicted octanol–water partition coefficient (Wildman–Crippen LogP) is 4.14. The van der Waals surface area contributed by atoms with E-state index in [9.17, 15) is 22.8 Å². The summed E-state index contributed by atoms with van der Waals surface area (Å²) in [7, 11) is 0. The minimum atomic E-state index is -4.61. The molecule has 1 unspecified atom stereocenters. The molecule has 1 N–H and O–H groups in total. The number of hydrogen-bond donors (Lipinski definition) is 1. The van der Waals surface area contributed by atoms with Crippen LogP contribution in [0.4, 0.5) is 18.9 Å². The van der Waals surface area contributed by atoms with E-state index < -0.39 is 23.2 Å². The Bertz CT molecular complexity index is 853. The Kier molecular flexibility index (Phi) is 5.41. The van der Waals surface area contributed by atoms with Crippen LogP contribution < -0.4 is 10.2 Å². The maximum absolute atomic E-state index is 13.0. The number of halogens is 4. The second-order valence-corrected chi connectivity index (χ2v) is 6.74. The highest BCUT2D eigenvalue weighted by Crippen LogP contribution is 2.32. The highest BCUT2D eigenvalue weighted by atomic mass is 35.5.